The molecule has 0 amide bonds. The van der Waals surface area contributed by atoms with Crippen molar-refractivity contribution in [2.45, 2.75) is 24.9 Å². The summed E-state index contributed by atoms with van der Waals surface area (Å²) in [6.45, 7) is 3.52. The highest BCUT2D eigenvalue weighted by Crippen LogP contribution is 2.12. The molecule has 1 heterocycles. The van der Waals surface area contributed by atoms with Crippen molar-refractivity contribution >= 4 is 15.8 Å². The van der Waals surface area contributed by atoms with Crippen LogP contribution in [0.2, 0.25) is 0 Å². The summed E-state index contributed by atoms with van der Waals surface area (Å²) in [6.07, 6.45) is 4.87. The Kier molecular flexibility index (Phi) is 3.90. The number of aryl methyl sites for hydroxylation is 1. The smallest absolute Gasteiger partial charge is 0.203 e. The Bertz CT molecular complexity index is 645. The second-order valence-electron chi connectivity index (χ2n) is 4.31. The molecule has 0 aliphatic carbocycles. The largest absolute Gasteiger partial charge is 0.352 e. The van der Waals surface area contributed by atoms with E-state index in [1.165, 1.54) is 6.26 Å². The third-order valence-corrected chi connectivity index (χ3v) is 3.99. The van der Waals surface area contributed by atoms with Crippen molar-refractivity contribution in [3.05, 3.63) is 42.2 Å². The van der Waals surface area contributed by atoms with Crippen molar-refractivity contribution in [1.82, 2.24) is 9.55 Å². The maximum absolute atomic E-state index is 11.3. The molecule has 1 aromatic carbocycles. The lowest BCUT2D eigenvalue weighted by atomic mass is 10.2. The van der Waals surface area contributed by atoms with Gasteiger partial charge in [0.25, 0.3) is 0 Å². The minimum absolute atomic E-state index is 0.339. The molecule has 0 fully saturated rings. The van der Waals surface area contributed by atoms with Crippen LogP contribution < -0.4 is 5.32 Å². The molecule has 19 heavy (non-hydrogen) atoms. The van der Waals surface area contributed by atoms with Crippen molar-refractivity contribution in [3.63, 3.8) is 0 Å². The average Bonchev–Trinajstić information content (AvgIpc) is 2.83. The van der Waals surface area contributed by atoms with Gasteiger partial charge in [0.05, 0.1) is 4.90 Å². The van der Waals surface area contributed by atoms with Crippen molar-refractivity contribution in [3.8, 4) is 0 Å². The van der Waals surface area contributed by atoms with Crippen LogP contribution in [0.4, 0.5) is 5.95 Å². The van der Waals surface area contributed by atoms with Gasteiger partial charge in [-0.25, -0.2) is 13.4 Å². The van der Waals surface area contributed by atoms with E-state index < -0.39 is 9.84 Å². The number of hydrogen-bond donors (Lipinski definition) is 1. The summed E-state index contributed by atoms with van der Waals surface area (Å²) >= 11 is 0. The summed E-state index contributed by atoms with van der Waals surface area (Å²) in [5.41, 5.74) is 1.01. The van der Waals surface area contributed by atoms with Crippen LogP contribution in [0.3, 0.4) is 0 Å². The van der Waals surface area contributed by atoms with E-state index in [0.29, 0.717) is 11.4 Å². The number of sulfone groups is 1. The first-order chi connectivity index (χ1) is 9.00. The van der Waals surface area contributed by atoms with Crippen molar-refractivity contribution in [2.24, 2.45) is 0 Å². The molecule has 102 valence electrons. The summed E-state index contributed by atoms with van der Waals surface area (Å²) in [7, 11) is -3.13. The van der Waals surface area contributed by atoms with Gasteiger partial charge in [-0.15, -0.1) is 0 Å². The topological polar surface area (TPSA) is 64.0 Å². The van der Waals surface area contributed by atoms with Crippen molar-refractivity contribution in [2.75, 3.05) is 11.6 Å². The minimum atomic E-state index is -3.13. The maximum atomic E-state index is 11.3. The maximum Gasteiger partial charge on any atom is 0.203 e. The molecule has 0 saturated carbocycles. The normalized spacial score (nSPS) is 11.5. The molecule has 0 spiro atoms. The molecule has 2 aromatic rings. The second kappa shape index (κ2) is 5.44. The quantitative estimate of drug-likeness (QED) is 0.908. The lowest BCUT2D eigenvalue weighted by Crippen LogP contribution is -2.06. The van der Waals surface area contributed by atoms with Crippen LogP contribution in [0.25, 0.3) is 0 Å². The van der Waals surface area contributed by atoms with Crippen molar-refractivity contribution < 1.29 is 8.42 Å². The monoisotopic (exact) mass is 279 g/mol. The van der Waals surface area contributed by atoms with E-state index in [1.807, 2.05) is 29.8 Å². The van der Waals surface area contributed by atoms with Gasteiger partial charge in [-0.05, 0) is 24.6 Å². The molecule has 2 rings (SSSR count). The van der Waals surface area contributed by atoms with Crippen LogP contribution in [0, 0.1) is 0 Å². The predicted molar refractivity (Wildman–Crippen MR) is 74.8 cm³/mol. The van der Waals surface area contributed by atoms with Crippen LogP contribution in [-0.2, 0) is 22.9 Å². The highest BCUT2D eigenvalue weighted by Gasteiger charge is 2.06. The fourth-order valence-electron chi connectivity index (χ4n) is 1.77. The van der Waals surface area contributed by atoms with Gasteiger partial charge in [-0.1, -0.05) is 12.1 Å². The minimum Gasteiger partial charge on any atom is -0.352 e. The summed E-state index contributed by atoms with van der Waals surface area (Å²) in [5, 5.41) is 3.22. The Hall–Kier alpha value is -1.82. The zero-order valence-corrected chi connectivity index (χ0v) is 11.8. The molecule has 0 aliphatic rings. The number of nitrogens with zero attached hydrogens (tertiary/aromatic N) is 2. The Morgan fingerprint density at radius 3 is 2.53 bits per heavy atom. The lowest BCUT2D eigenvalue weighted by Gasteiger charge is -2.08. The van der Waals surface area contributed by atoms with Crippen LogP contribution >= 0.6 is 0 Å². The van der Waals surface area contributed by atoms with Gasteiger partial charge in [0.2, 0.25) is 5.95 Å². The molecule has 1 aromatic heterocycles. The molecular formula is C13H17N3O2S. The van der Waals surface area contributed by atoms with E-state index in [9.17, 15) is 8.42 Å². The lowest BCUT2D eigenvalue weighted by molar-refractivity contribution is 0.602. The SMILES string of the molecule is CCn1ccnc1NCc1ccc(S(C)(=O)=O)cc1. The Morgan fingerprint density at radius 2 is 1.95 bits per heavy atom. The molecular weight excluding hydrogens is 262 g/mol. The highest BCUT2D eigenvalue weighted by molar-refractivity contribution is 7.90. The number of hydrogen-bond acceptors (Lipinski definition) is 4. The van der Waals surface area contributed by atoms with Crippen LogP contribution in [0.5, 0.6) is 0 Å². The summed E-state index contributed by atoms with van der Waals surface area (Å²) < 4.78 is 24.7. The third-order valence-electron chi connectivity index (χ3n) is 2.86. The first-order valence-electron chi connectivity index (χ1n) is 6.04. The number of anilines is 1. The molecule has 5 nitrogen and oxygen atoms in total. The third kappa shape index (κ3) is 3.35. The molecule has 0 aliphatic heterocycles. The zero-order chi connectivity index (χ0) is 13.9. The fourth-order valence-corrected chi connectivity index (χ4v) is 2.40. The molecule has 6 heteroatoms. The molecule has 0 saturated heterocycles. The highest BCUT2D eigenvalue weighted by atomic mass is 32.2. The van der Waals surface area contributed by atoms with E-state index in [-0.39, 0.29) is 0 Å². The fraction of sp³-hybridized carbons (Fsp3) is 0.308. The summed E-state index contributed by atoms with van der Waals surface area (Å²) in [5.74, 6) is 0.815. The van der Waals surface area contributed by atoms with Gasteiger partial charge < -0.3 is 9.88 Å². The van der Waals surface area contributed by atoms with E-state index in [1.54, 1.807) is 18.3 Å². The van der Waals surface area contributed by atoms with Gasteiger partial charge in [-0.2, -0.15) is 0 Å². The van der Waals surface area contributed by atoms with Crippen LogP contribution in [0.15, 0.2) is 41.6 Å². The number of nitrogens with one attached hydrogen (secondary N) is 1. The average molecular weight is 279 g/mol. The van der Waals surface area contributed by atoms with E-state index in [4.69, 9.17) is 0 Å². The van der Waals surface area contributed by atoms with Gasteiger partial charge >= 0.3 is 0 Å². The molecule has 0 radical (unpaired) electrons. The number of rotatable bonds is 5. The molecule has 0 atom stereocenters. The summed E-state index contributed by atoms with van der Waals surface area (Å²) in [4.78, 5) is 4.55. The van der Waals surface area contributed by atoms with E-state index in [0.717, 1.165) is 18.1 Å². The number of aromatic nitrogens is 2. The van der Waals surface area contributed by atoms with Crippen LogP contribution in [-0.4, -0.2) is 24.2 Å². The first kappa shape index (κ1) is 13.6. The zero-order valence-electron chi connectivity index (χ0n) is 11.0. The number of imidazole rings is 1. The standard InChI is InChI=1S/C13H17N3O2S/c1-3-16-9-8-14-13(16)15-10-11-4-6-12(7-5-11)19(2,17)18/h4-9H,3,10H2,1-2H3,(H,14,15). The van der Waals surface area contributed by atoms with Gasteiger partial charge in [0, 0.05) is 31.7 Å². The van der Waals surface area contributed by atoms with Crippen LogP contribution in [0.1, 0.15) is 12.5 Å². The first-order valence-corrected chi connectivity index (χ1v) is 7.94. The second-order valence-corrected chi connectivity index (χ2v) is 6.32. The Labute approximate surface area is 113 Å². The van der Waals surface area contributed by atoms with Gasteiger partial charge in [-0.3, -0.25) is 0 Å². The molecule has 1 N–H and O–H groups in total. The molecule has 0 unspecified atom stereocenters. The van der Waals surface area contributed by atoms with Gasteiger partial charge in [0.1, 0.15) is 0 Å². The molecule has 0 bridgehead atoms. The Morgan fingerprint density at radius 1 is 1.26 bits per heavy atom. The van der Waals surface area contributed by atoms with E-state index >= 15 is 0 Å². The Balaban J connectivity index is 2.05. The van der Waals surface area contributed by atoms with Gasteiger partial charge in [0.15, 0.2) is 9.84 Å². The van der Waals surface area contributed by atoms with E-state index in [2.05, 4.69) is 10.3 Å². The summed E-state index contributed by atoms with van der Waals surface area (Å²) in [6, 6.07) is 6.86. The predicted octanol–water partition coefficient (Wildman–Crippen LogP) is 1.92. The van der Waals surface area contributed by atoms with Crippen molar-refractivity contribution in [1.29, 1.82) is 0 Å². The number of benzene rings is 1.